The summed E-state index contributed by atoms with van der Waals surface area (Å²) >= 11 is 0. The lowest BCUT2D eigenvalue weighted by Crippen LogP contribution is -2.41. The number of rotatable bonds is 5. The number of fused-ring (bicyclic) bond motifs is 1. The monoisotopic (exact) mass is 402 g/mol. The minimum atomic E-state index is -0.952. The summed E-state index contributed by atoms with van der Waals surface area (Å²) in [5.41, 5.74) is 0.281. The highest BCUT2D eigenvalue weighted by molar-refractivity contribution is 6.54. The summed E-state index contributed by atoms with van der Waals surface area (Å²) in [4.78, 5) is 11.1. The zero-order valence-corrected chi connectivity index (χ0v) is 18.2. The Bertz CT molecular complexity index is 845. The van der Waals surface area contributed by atoms with E-state index >= 15 is 0 Å². The molecule has 0 spiro atoms. The lowest BCUT2D eigenvalue weighted by atomic mass is 9.76. The van der Waals surface area contributed by atoms with E-state index in [-0.39, 0.29) is 36.6 Å². The third-order valence-electron chi connectivity index (χ3n) is 7.02. The number of carbonyl (C=O) groups is 1. The Morgan fingerprint density at radius 2 is 1.97 bits per heavy atom. The molecule has 1 saturated heterocycles. The van der Waals surface area contributed by atoms with Gasteiger partial charge in [0, 0.05) is 13.1 Å². The van der Waals surface area contributed by atoms with Crippen molar-refractivity contribution in [1.82, 2.24) is 9.78 Å². The fourth-order valence-electron chi connectivity index (χ4n) is 4.79. The molecule has 3 aliphatic rings. The Labute approximate surface area is 172 Å². The van der Waals surface area contributed by atoms with Gasteiger partial charge in [-0.2, -0.15) is 0 Å². The summed E-state index contributed by atoms with van der Waals surface area (Å²) in [7, 11) is 1.50. The number of carbonyl (C=O) groups excluding carboxylic acids is 1. The molecule has 1 aliphatic heterocycles. The molecular formula is C21H31BN2O5. The summed E-state index contributed by atoms with van der Waals surface area (Å²) in [5, 5.41) is 15.7. The highest BCUT2D eigenvalue weighted by Crippen LogP contribution is 2.53. The quantitative estimate of drug-likeness (QED) is 0.763. The first-order valence-electron chi connectivity index (χ1n) is 10.4. The molecule has 0 amide bonds. The molecule has 8 heteroatoms. The van der Waals surface area contributed by atoms with Crippen molar-refractivity contribution in [1.29, 1.82) is 0 Å². The van der Waals surface area contributed by atoms with Crippen molar-refractivity contribution in [3.63, 3.8) is 0 Å². The van der Waals surface area contributed by atoms with Crippen molar-refractivity contribution in [2.75, 3.05) is 6.61 Å². The minimum absolute atomic E-state index is 0.0136. The van der Waals surface area contributed by atoms with Crippen LogP contribution in [0.2, 0.25) is 0 Å². The Morgan fingerprint density at radius 3 is 2.55 bits per heavy atom. The highest BCUT2D eigenvalue weighted by Gasteiger charge is 2.55. The van der Waals surface area contributed by atoms with Gasteiger partial charge in [0.2, 0.25) is 5.88 Å². The number of aromatic nitrogens is 2. The Balaban J connectivity index is 1.47. The molecule has 3 atom stereocenters. The van der Waals surface area contributed by atoms with Crippen LogP contribution in [0, 0.1) is 11.8 Å². The molecule has 2 heterocycles. The number of ketones is 1. The average Bonchev–Trinajstić information content (AvgIpc) is 3.27. The van der Waals surface area contributed by atoms with Crippen LogP contribution >= 0.6 is 0 Å². The van der Waals surface area contributed by atoms with Crippen molar-refractivity contribution in [2.45, 2.75) is 70.7 Å². The van der Waals surface area contributed by atoms with Crippen LogP contribution in [0.4, 0.5) is 0 Å². The van der Waals surface area contributed by atoms with E-state index in [9.17, 15) is 9.90 Å². The molecule has 7 nitrogen and oxygen atoms in total. The van der Waals surface area contributed by atoms with E-state index in [0.717, 1.165) is 12.1 Å². The molecule has 1 aromatic heterocycles. The van der Waals surface area contributed by atoms with Crippen molar-refractivity contribution < 1.29 is 23.9 Å². The molecule has 1 saturated carbocycles. The SMILES string of the molecule is CC(=O)COc1cc(C2(O)CC3C=C(B4OC(C)(C)C(C)(C)O4)CC3C2)n(C)n1. The van der Waals surface area contributed by atoms with E-state index in [0.29, 0.717) is 24.6 Å². The molecule has 1 aromatic rings. The third kappa shape index (κ3) is 3.55. The van der Waals surface area contributed by atoms with E-state index in [1.165, 1.54) is 12.4 Å². The van der Waals surface area contributed by atoms with Gasteiger partial charge < -0.3 is 19.2 Å². The topological polar surface area (TPSA) is 82.8 Å². The highest BCUT2D eigenvalue weighted by atomic mass is 16.7. The van der Waals surface area contributed by atoms with E-state index in [2.05, 4.69) is 38.9 Å². The summed E-state index contributed by atoms with van der Waals surface area (Å²) in [5.74, 6) is 0.944. The lowest BCUT2D eigenvalue weighted by molar-refractivity contribution is -0.119. The average molecular weight is 402 g/mol. The van der Waals surface area contributed by atoms with Crippen molar-refractivity contribution >= 4 is 12.9 Å². The van der Waals surface area contributed by atoms with Crippen LogP contribution in [0.1, 0.15) is 59.6 Å². The van der Waals surface area contributed by atoms with Gasteiger partial charge in [0.15, 0.2) is 5.78 Å². The largest absolute Gasteiger partial charge is 0.490 e. The van der Waals surface area contributed by atoms with Crippen LogP contribution in [0.5, 0.6) is 5.88 Å². The Kier molecular flexibility index (Phi) is 4.76. The predicted molar refractivity (Wildman–Crippen MR) is 108 cm³/mol. The second-order valence-corrected chi connectivity index (χ2v) is 9.88. The van der Waals surface area contributed by atoms with Gasteiger partial charge >= 0.3 is 7.12 Å². The van der Waals surface area contributed by atoms with Crippen LogP contribution in [0.25, 0.3) is 0 Å². The van der Waals surface area contributed by atoms with Crippen LogP contribution in [-0.2, 0) is 26.8 Å². The number of hydrogen-bond donors (Lipinski definition) is 1. The first kappa shape index (κ1) is 20.6. The maximum atomic E-state index is 11.4. The van der Waals surface area contributed by atoms with Gasteiger partial charge in [-0.25, -0.2) is 0 Å². The predicted octanol–water partition coefficient (Wildman–Crippen LogP) is 2.56. The third-order valence-corrected chi connectivity index (χ3v) is 7.02. The smallest absolute Gasteiger partial charge is 0.469 e. The van der Waals surface area contributed by atoms with Gasteiger partial charge in [0.1, 0.15) is 12.2 Å². The zero-order valence-electron chi connectivity index (χ0n) is 18.2. The number of Topliss-reactive ketones (excluding diaryl/α,β-unsaturated/α-hetero) is 1. The van der Waals surface area contributed by atoms with Crippen LogP contribution < -0.4 is 4.74 Å². The molecule has 0 bridgehead atoms. The summed E-state index contributed by atoms with van der Waals surface area (Å²) < 4.78 is 19.5. The molecule has 29 heavy (non-hydrogen) atoms. The normalized spacial score (nSPS) is 32.4. The molecule has 3 unspecified atom stereocenters. The maximum absolute atomic E-state index is 11.4. The van der Waals surface area contributed by atoms with E-state index in [1.807, 2.05) is 0 Å². The second-order valence-electron chi connectivity index (χ2n) is 9.88. The fraction of sp³-hybridized carbons (Fsp3) is 0.714. The van der Waals surface area contributed by atoms with E-state index in [1.54, 1.807) is 17.8 Å². The molecule has 0 radical (unpaired) electrons. The molecular weight excluding hydrogens is 371 g/mol. The van der Waals surface area contributed by atoms with Gasteiger partial charge in [-0.15, -0.1) is 5.10 Å². The Hall–Kier alpha value is -1.64. The molecule has 4 rings (SSSR count). The second kappa shape index (κ2) is 6.69. The summed E-state index contributed by atoms with van der Waals surface area (Å²) in [6.07, 6.45) is 4.40. The number of aliphatic hydroxyl groups is 1. The van der Waals surface area contributed by atoms with Crippen LogP contribution in [0.15, 0.2) is 17.6 Å². The van der Waals surface area contributed by atoms with Crippen molar-refractivity contribution in [3.05, 3.63) is 23.3 Å². The number of hydrogen-bond acceptors (Lipinski definition) is 6. The van der Waals surface area contributed by atoms with Crippen LogP contribution in [-0.4, -0.2) is 45.6 Å². The summed E-state index contributed by atoms with van der Waals surface area (Å²) in [6.45, 7) is 9.72. The lowest BCUT2D eigenvalue weighted by Gasteiger charge is -2.32. The summed E-state index contributed by atoms with van der Waals surface area (Å²) in [6, 6.07) is 1.75. The molecule has 0 aromatic carbocycles. The first-order chi connectivity index (χ1) is 13.4. The van der Waals surface area contributed by atoms with E-state index < -0.39 is 5.60 Å². The van der Waals surface area contributed by atoms with Gasteiger partial charge in [-0.05, 0) is 71.2 Å². The standard InChI is InChI=1S/C21H31BN2O5/c1-13(25)12-27-18-9-17(24(6)23-18)21(26)10-14-7-16(8-15(14)11-21)22-28-19(2,3)20(4,5)29-22/h7,9,14-15,26H,8,10-12H2,1-6H3. The number of allylic oxidation sites excluding steroid dienone is 2. The van der Waals surface area contributed by atoms with Crippen molar-refractivity contribution in [3.8, 4) is 5.88 Å². The van der Waals surface area contributed by atoms with Gasteiger partial charge in [-0.1, -0.05) is 6.08 Å². The molecule has 2 fully saturated rings. The fourth-order valence-corrected chi connectivity index (χ4v) is 4.79. The maximum Gasteiger partial charge on any atom is 0.490 e. The van der Waals surface area contributed by atoms with Gasteiger partial charge in [0.05, 0.1) is 16.9 Å². The number of aryl methyl sites for hydroxylation is 1. The van der Waals surface area contributed by atoms with Crippen LogP contribution in [0.3, 0.4) is 0 Å². The Morgan fingerprint density at radius 1 is 1.31 bits per heavy atom. The zero-order chi connectivity index (χ0) is 21.2. The van der Waals surface area contributed by atoms with E-state index in [4.69, 9.17) is 14.0 Å². The first-order valence-corrected chi connectivity index (χ1v) is 10.4. The minimum Gasteiger partial charge on any atom is -0.469 e. The number of nitrogens with zero attached hydrogens (tertiary/aromatic N) is 2. The molecule has 158 valence electrons. The molecule has 2 aliphatic carbocycles. The molecule has 1 N–H and O–H groups in total. The van der Waals surface area contributed by atoms with Gasteiger partial charge in [0.25, 0.3) is 0 Å². The van der Waals surface area contributed by atoms with Crippen molar-refractivity contribution in [2.24, 2.45) is 18.9 Å². The van der Waals surface area contributed by atoms with Gasteiger partial charge in [-0.3, -0.25) is 9.48 Å². The number of ether oxygens (including phenoxy) is 1.